The number of aromatic nitrogens is 4. The van der Waals surface area contributed by atoms with Crippen LogP contribution in [-0.4, -0.2) is 18.7 Å². The Labute approximate surface area is 430 Å². The molecule has 71 heavy (non-hydrogen) atoms. The minimum Gasteiger partial charge on any atom is -0.0558 e. The Bertz CT molecular complexity index is 3760. The fourth-order valence-electron chi connectivity index (χ4n) is 10.9. The van der Waals surface area contributed by atoms with Crippen molar-refractivity contribution in [2.24, 2.45) is 0 Å². The van der Waals surface area contributed by atoms with Gasteiger partial charge in [-0.2, -0.15) is 0 Å². The molecule has 10 aromatic rings. The third-order valence-electron chi connectivity index (χ3n) is 15.2. The zero-order valence-corrected chi connectivity index (χ0v) is 45.3. The first-order valence-electron chi connectivity index (χ1n) is 25.1. The molecule has 7 aromatic carbocycles. The number of para-hydroxylation sites is 3. The summed E-state index contributed by atoms with van der Waals surface area (Å²) in [5.74, 6) is 2.44. The summed E-state index contributed by atoms with van der Waals surface area (Å²) in [6, 6.07) is 57.9. The molecule has 1 aliphatic rings. The third kappa shape index (κ3) is 8.25. The van der Waals surface area contributed by atoms with Crippen molar-refractivity contribution in [2.45, 2.75) is 111 Å². The molecule has 3 aromatic heterocycles. The number of ether oxygens (including phenoxy) is 1. The molecule has 1 aliphatic carbocycles. The Hall–Kier alpha value is -6.55. The van der Waals surface area contributed by atoms with Crippen LogP contribution in [0, 0.1) is 10.7 Å². The summed E-state index contributed by atoms with van der Waals surface area (Å²) < 4.78 is 15.2. The van der Waals surface area contributed by atoms with Gasteiger partial charge < -0.3 is 0 Å². The smallest absolute Gasteiger partial charge is 0.0558 e. The monoisotopic (exact) mass is 1110 g/mol. The second kappa shape index (κ2) is 17.1. The first kappa shape index (κ1) is 46.8. The Kier molecular flexibility index (Phi) is 11.2. The third-order valence-corrected chi connectivity index (χ3v) is 16.2. The number of pyridine rings is 1. The average molecular weight is 1110 g/mol. The molecule has 0 atom stereocenters. The fourth-order valence-corrected chi connectivity index (χ4v) is 12.0. The second-order valence-electron chi connectivity index (χ2n) is 23.3. The van der Waals surface area contributed by atoms with E-state index in [4.69, 9.17) is 9.72 Å². The van der Waals surface area contributed by atoms with E-state index in [0.717, 1.165) is 61.9 Å². The van der Waals surface area contributed by atoms with Crippen molar-refractivity contribution in [1.82, 2.24) is 18.7 Å². The summed E-state index contributed by atoms with van der Waals surface area (Å²) >= 11 is 2.55. The zero-order valence-electron chi connectivity index (χ0n) is 43.0. The predicted octanol–water partition coefficient (Wildman–Crippen LogP) is 17.4. The van der Waals surface area contributed by atoms with Crippen LogP contribution < -0.4 is 4.74 Å². The second-order valence-corrected chi connectivity index (χ2v) is 24.3. The summed E-state index contributed by atoms with van der Waals surface area (Å²) in [4.78, 5) is 4.96. The van der Waals surface area contributed by atoms with Crippen LogP contribution in [-0.2, 0) is 41.0 Å². The maximum atomic E-state index is 6.94. The van der Waals surface area contributed by atoms with Crippen LogP contribution in [0.4, 0.5) is 0 Å². The molecule has 11 rings (SSSR count). The maximum absolute atomic E-state index is 6.94. The quantitative estimate of drug-likeness (QED) is 0.159. The molecular formula is C65H64N4OPt. The van der Waals surface area contributed by atoms with Gasteiger partial charge in [-0.3, -0.25) is 0 Å². The van der Waals surface area contributed by atoms with E-state index < -0.39 is 0 Å². The van der Waals surface area contributed by atoms with E-state index in [1.165, 1.54) is 66.4 Å². The first-order valence-corrected chi connectivity index (χ1v) is 26.3. The molecule has 0 aliphatic heterocycles. The van der Waals surface area contributed by atoms with Gasteiger partial charge in [-0.25, -0.2) is 0 Å². The summed E-state index contributed by atoms with van der Waals surface area (Å²) in [6.45, 7) is 25.6. The van der Waals surface area contributed by atoms with Crippen LogP contribution in [0.1, 0.15) is 110 Å². The number of aryl methyl sites for hydroxylation is 1. The van der Waals surface area contributed by atoms with Crippen molar-refractivity contribution >= 4 is 32.8 Å². The number of benzene rings is 7. The molecule has 6 heteroatoms. The zero-order chi connectivity index (χ0) is 49.8. The summed E-state index contributed by atoms with van der Waals surface area (Å²) in [5.41, 5.74) is 18.2. The molecule has 0 spiro atoms. The van der Waals surface area contributed by atoms with Crippen LogP contribution in [0.25, 0.3) is 72.3 Å². The van der Waals surface area contributed by atoms with Crippen LogP contribution in [0.5, 0.6) is 11.5 Å². The van der Waals surface area contributed by atoms with Crippen LogP contribution in [0.15, 0.2) is 164 Å². The van der Waals surface area contributed by atoms with Gasteiger partial charge >= 0.3 is 346 Å². The Morgan fingerprint density at radius 1 is 0.507 bits per heavy atom. The average Bonchev–Trinajstić information content (AvgIpc) is 3.82. The molecular weight excluding hydrogens is 1050 g/mol. The Balaban J connectivity index is 1.07. The van der Waals surface area contributed by atoms with E-state index >= 15 is 0 Å². The minimum atomic E-state index is -0.0329. The molecule has 0 unspecified atom stereocenters. The van der Waals surface area contributed by atoms with Gasteiger partial charge in [0.1, 0.15) is 0 Å². The van der Waals surface area contributed by atoms with Gasteiger partial charge in [0.05, 0.1) is 0 Å². The van der Waals surface area contributed by atoms with Gasteiger partial charge in [-0.15, -0.1) is 0 Å². The number of rotatable bonds is 7. The summed E-state index contributed by atoms with van der Waals surface area (Å²) in [6.07, 6.45) is 4.24. The number of hydrogen-bond donors (Lipinski definition) is 0. The van der Waals surface area contributed by atoms with E-state index in [1.54, 1.807) is 0 Å². The van der Waals surface area contributed by atoms with Crippen molar-refractivity contribution in [3.63, 3.8) is 0 Å². The van der Waals surface area contributed by atoms with E-state index in [0.29, 0.717) is 0 Å². The molecule has 0 bridgehead atoms. The molecule has 5 nitrogen and oxygen atoms in total. The Morgan fingerprint density at radius 3 is 1.76 bits per heavy atom. The van der Waals surface area contributed by atoms with Crippen molar-refractivity contribution in [3.05, 3.63) is 196 Å². The standard InChI is InChI=1S/C65H64N4O.Pt/c1-42-29-32-66-60(33-42)69-58-38-49(27-28-52(58)53-39-54-55(40-59(53)69)65(10,11)31-30-64(54,8)9)70-48-22-17-21-47(37-48)67-41-68(57-26-16-15-25-56(57)67)61-50(43-19-13-12-14-20-43)23-18-24-51(61)44-34-45(62(2,3)4)36-46(35-44)63(5,6)7;/h12-29,32-40H,30-31H2,1-11H3;. The number of nitrogens with zero attached hydrogens (tertiary/aromatic N) is 4. The van der Waals surface area contributed by atoms with E-state index in [-0.39, 0.29) is 21.7 Å². The first-order chi connectivity index (χ1) is 33.8. The summed E-state index contributed by atoms with van der Waals surface area (Å²) in [7, 11) is 0. The molecule has 0 fully saturated rings. The Morgan fingerprint density at radius 2 is 1.10 bits per heavy atom. The van der Waals surface area contributed by atoms with Gasteiger partial charge in [0, 0.05) is 6.20 Å². The van der Waals surface area contributed by atoms with Crippen LogP contribution >= 0.6 is 0 Å². The van der Waals surface area contributed by atoms with Crippen molar-refractivity contribution in [3.8, 4) is 50.9 Å². The summed E-state index contributed by atoms with van der Waals surface area (Å²) in [5, 5.41) is 2.44. The van der Waals surface area contributed by atoms with E-state index in [9.17, 15) is 0 Å². The minimum absolute atomic E-state index is 0.0329. The van der Waals surface area contributed by atoms with Crippen molar-refractivity contribution in [2.75, 3.05) is 0 Å². The van der Waals surface area contributed by atoms with Gasteiger partial charge in [0.2, 0.25) is 0 Å². The molecule has 3 heterocycles. The van der Waals surface area contributed by atoms with Gasteiger partial charge in [-0.1, -0.05) is 27.7 Å². The fraction of sp³-hybridized carbons (Fsp3) is 0.262. The van der Waals surface area contributed by atoms with Gasteiger partial charge in [-0.05, 0) is 53.4 Å². The molecule has 0 saturated carbocycles. The molecule has 0 saturated heterocycles. The molecule has 0 amide bonds. The van der Waals surface area contributed by atoms with Crippen molar-refractivity contribution < 1.29 is 24.1 Å². The molecule has 0 radical (unpaired) electrons. The van der Waals surface area contributed by atoms with Gasteiger partial charge in [0.15, 0.2) is 0 Å². The predicted molar refractivity (Wildman–Crippen MR) is 293 cm³/mol. The molecule has 360 valence electrons. The van der Waals surface area contributed by atoms with Crippen LogP contribution in [0.2, 0.25) is 0 Å². The number of hydrogen-bond acceptors (Lipinski definition) is 2. The number of imidazole rings is 1. The topological polar surface area (TPSA) is 36.9 Å². The normalized spacial score (nSPS) is 14.6. The van der Waals surface area contributed by atoms with E-state index in [2.05, 4.69) is 267 Å². The number of fused-ring (bicyclic) bond motifs is 5. The SMILES string of the molecule is Cc1ccnc(-n2c3cc(Oc4cccc(-n5[c](=[Pt])n(-c6c(-c7ccccc7)cccc6-c6cc(C(C)(C)C)cc(C(C)(C)C)c6)c6ccccc65)c4)ccc3c3cc4c(cc32)C(C)(C)CCC4(C)C)c1. The molecule has 0 N–H and O–H groups in total. The van der Waals surface area contributed by atoms with Crippen LogP contribution in [0.3, 0.4) is 0 Å². The van der Waals surface area contributed by atoms with Crippen molar-refractivity contribution in [1.29, 1.82) is 0 Å². The van der Waals surface area contributed by atoms with E-state index in [1.807, 2.05) is 6.20 Å². The van der Waals surface area contributed by atoms with Gasteiger partial charge in [0.25, 0.3) is 0 Å².